The number of anilines is 1. The van der Waals surface area contributed by atoms with E-state index in [2.05, 4.69) is 20.2 Å². The number of amides is 2. The van der Waals surface area contributed by atoms with Gasteiger partial charge in [0.05, 0.1) is 40.5 Å². The Kier molecular flexibility index (Phi) is 8.47. The Bertz CT molecular complexity index is 1400. The van der Waals surface area contributed by atoms with Crippen LogP contribution in [0, 0.1) is 11.3 Å². The number of benzene rings is 2. The third-order valence-electron chi connectivity index (χ3n) is 4.78. The Balaban J connectivity index is 1.84. The topological polar surface area (TPSA) is 140 Å². The number of nitrogens with one attached hydrogen (secondary N) is 2. The molecule has 194 valence electrons. The van der Waals surface area contributed by atoms with Gasteiger partial charge in [0.25, 0.3) is 11.9 Å². The van der Waals surface area contributed by atoms with Crippen LogP contribution >= 0.6 is 23.2 Å². The number of aromatic nitrogens is 2. The van der Waals surface area contributed by atoms with Crippen molar-refractivity contribution in [3.05, 3.63) is 40.4 Å². The van der Waals surface area contributed by atoms with Gasteiger partial charge >= 0.3 is 6.09 Å². The number of ether oxygens (including phenoxy) is 3. The van der Waals surface area contributed by atoms with Crippen LogP contribution in [-0.4, -0.2) is 41.0 Å². The largest absolute Gasteiger partial charge is 0.468 e. The van der Waals surface area contributed by atoms with Gasteiger partial charge in [-0.15, -0.1) is 0 Å². The van der Waals surface area contributed by atoms with E-state index in [-0.39, 0.29) is 33.6 Å². The zero-order valence-corrected chi connectivity index (χ0v) is 22.2. The molecule has 2 aromatic carbocycles. The maximum atomic E-state index is 12.0. The maximum Gasteiger partial charge on any atom is 0.414 e. The van der Waals surface area contributed by atoms with Crippen LogP contribution < -0.4 is 20.2 Å². The fourth-order valence-corrected chi connectivity index (χ4v) is 3.85. The minimum atomic E-state index is -1.04. The molecule has 0 saturated carbocycles. The molecule has 0 atom stereocenters. The smallest absolute Gasteiger partial charge is 0.414 e. The summed E-state index contributed by atoms with van der Waals surface area (Å²) >= 11 is 12.8. The van der Waals surface area contributed by atoms with E-state index in [1.807, 2.05) is 30.7 Å². The molecule has 1 heterocycles. The molecule has 3 rings (SSSR count). The number of hydrogen-bond donors (Lipinski definition) is 2. The normalized spacial score (nSPS) is 11.6. The van der Waals surface area contributed by atoms with Gasteiger partial charge in [0.15, 0.2) is 5.75 Å². The summed E-state index contributed by atoms with van der Waals surface area (Å²) in [5, 5.41) is 15.0. The van der Waals surface area contributed by atoms with Gasteiger partial charge in [-0.3, -0.25) is 20.1 Å². The summed E-state index contributed by atoms with van der Waals surface area (Å²) in [7, 11) is 1.56. The molecule has 13 heteroatoms. The number of rotatable bonds is 7. The summed E-state index contributed by atoms with van der Waals surface area (Å²) < 4.78 is 18.0. The zero-order valence-electron chi connectivity index (χ0n) is 20.7. The molecule has 0 aliphatic heterocycles. The fourth-order valence-electron chi connectivity index (χ4n) is 3.29. The van der Waals surface area contributed by atoms with Gasteiger partial charge in [0, 0.05) is 11.6 Å². The van der Waals surface area contributed by atoms with Gasteiger partial charge in [-0.05, 0) is 52.0 Å². The molecular weight excluding hydrogens is 523 g/mol. The Morgan fingerprint density at radius 1 is 1.19 bits per heavy atom. The van der Waals surface area contributed by atoms with Crippen LogP contribution in [0.2, 0.25) is 10.0 Å². The summed E-state index contributed by atoms with van der Waals surface area (Å²) in [6, 6.07) is 10.3. The van der Waals surface area contributed by atoms with Crippen LogP contribution in [0.25, 0.3) is 11.0 Å². The van der Waals surface area contributed by atoms with Crippen LogP contribution in [-0.2, 0) is 15.1 Å². The Morgan fingerprint density at radius 3 is 2.43 bits per heavy atom. The fraction of sp³-hybridized carbons (Fsp3) is 0.292. The lowest BCUT2D eigenvalue weighted by Gasteiger charge is -2.23. The molecule has 1 aromatic heterocycles. The van der Waals surface area contributed by atoms with Gasteiger partial charge in [0.1, 0.15) is 11.8 Å². The van der Waals surface area contributed by atoms with Crippen molar-refractivity contribution in [2.45, 2.75) is 33.2 Å². The van der Waals surface area contributed by atoms with Crippen molar-refractivity contribution < 1.29 is 23.8 Å². The first-order valence-corrected chi connectivity index (χ1v) is 11.7. The molecule has 2 amide bonds. The highest BCUT2D eigenvalue weighted by molar-refractivity contribution is 6.47. The summed E-state index contributed by atoms with van der Waals surface area (Å²) in [4.78, 5) is 27.9. The first-order chi connectivity index (χ1) is 17.5. The third kappa shape index (κ3) is 6.41. The van der Waals surface area contributed by atoms with Gasteiger partial charge in [-0.2, -0.15) is 15.3 Å². The van der Waals surface area contributed by atoms with Crippen molar-refractivity contribution in [1.29, 1.82) is 5.26 Å². The van der Waals surface area contributed by atoms with Crippen molar-refractivity contribution in [1.82, 2.24) is 14.9 Å². The lowest BCUT2D eigenvalue weighted by molar-refractivity contribution is -0.114. The predicted molar refractivity (Wildman–Crippen MR) is 140 cm³/mol. The SMILES string of the molecule is CCOC(=O)NC(=O)/C(C#N)=N/Nc1cc(Cl)c(Oc2ccc3nc(OC)n(C(C)(C)C)c3c2)c(Cl)c1. The number of hydrogen-bond acceptors (Lipinski definition) is 9. The molecule has 0 aliphatic carbocycles. The van der Waals surface area contributed by atoms with E-state index in [0.29, 0.717) is 11.8 Å². The lowest BCUT2D eigenvalue weighted by Crippen LogP contribution is -2.36. The first-order valence-electron chi connectivity index (χ1n) is 10.9. The molecule has 0 fully saturated rings. The van der Waals surface area contributed by atoms with Crippen LogP contribution in [0.1, 0.15) is 27.7 Å². The molecule has 37 heavy (non-hydrogen) atoms. The maximum absolute atomic E-state index is 12.0. The molecule has 0 radical (unpaired) electrons. The number of methoxy groups -OCH3 is 1. The third-order valence-corrected chi connectivity index (χ3v) is 5.34. The van der Waals surface area contributed by atoms with Crippen molar-refractivity contribution in [2.24, 2.45) is 5.10 Å². The van der Waals surface area contributed by atoms with Gasteiger partial charge in [-0.1, -0.05) is 23.2 Å². The second kappa shape index (κ2) is 11.4. The van der Waals surface area contributed by atoms with E-state index in [1.165, 1.54) is 12.1 Å². The van der Waals surface area contributed by atoms with E-state index < -0.39 is 17.7 Å². The standard InChI is InChI=1S/C24H24Cl2N6O5/c1-6-36-23(34)29-21(33)18(12-27)31-30-13-9-15(25)20(16(26)10-13)37-14-7-8-17-19(11-14)32(24(2,3)4)22(28-17)35-5/h7-11,30H,6H2,1-5H3,(H,29,33,34)/b31-18+. The monoisotopic (exact) mass is 546 g/mol. The molecule has 3 aromatic rings. The first kappa shape index (κ1) is 27.6. The van der Waals surface area contributed by atoms with Crippen LogP contribution in [0.5, 0.6) is 17.5 Å². The summed E-state index contributed by atoms with van der Waals surface area (Å²) in [5.41, 5.74) is 3.39. The number of alkyl carbamates (subject to hydrolysis) is 1. The zero-order chi connectivity index (χ0) is 27.3. The molecule has 0 aliphatic rings. The predicted octanol–water partition coefficient (Wildman–Crippen LogP) is 5.46. The van der Waals surface area contributed by atoms with Crippen molar-refractivity contribution in [2.75, 3.05) is 19.1 Å². The van der Waals surface area contributed by atoms with E-state index in [9.17, 15) is 14.9 Å². The number of carbonyl (C=O) groups excluding carboxylic acids is 2. The number of imide groups is 1. The van der Waals surface area contributed by atoms with Crippen LogP contribution in [0.4, 0.5) is 10.5 Å². The highest BCUT2D eigenvalue weighted by Gasteiger charge is 2.23. The molecule has 2 N–H and O–H groups in total. The molecular formula is C24H24Cl2N6O5. The summed E-state index contributed by atoms with van der Waals surface area (Å²) in [5.74, 6) is -0.385. The molecule has 11 nitrogen and oxygen atoms in total. The van der Waals surface area contributed by atoms with Gasteiger partial charge in [0.2, 0.25) is 5.71 Å². The van der Waals surface area contributed by atoms with E-state index in [0.717, 1.165) is 11.0 Å². The second-order valence-electron chi connectivity index (χ2n) is 8.48. The van der Waals surface area contributed by atoms with Gasteiger partial charge in [-0.25, -0.2) is 4.79 Å². The lowest BCUT2D eigenvalue weighted by atomic mass is 10.1. The Hall–Kier alpha value is -4.01. The Labute approximate surface area is 222 Å². The van der Waals surface area contributed by atoms with Crippen LogP contribution in [0.3, 0.4) is 0 Å². The number of hydrazone groups is 1. The highest BCUT2D eigenvalue weighted by atomic mass is 35.5. The van der Waals surface area contributed by atoms with Crippen molar-refractivity contribution in [3.8, 4) is 23.6 Å². The number of nitriles is 1. The molecule has 0 saturated heterocycles. The number of fused-ring (bicyclic) bond motifs is 1. The average molecular weight is 547 g/mol. The number of imidazole rings is 1. The summed E-state index contributed by atoms with van der Waals surface area (Å²) in [6.45, 7) is 7.73. The molecule has 0 unspecified atom stereocenters. The summed E-state index contributed by atoms with van der Waals surface area (Å²) in [6.07, 6.45) is -0.995. The number of nitrogens with zero attached hydrogens (tertiary/aromatic N) is 4. The average Bonchev–Trinajstić information content (AvgIpc) is 3.20. The molecule has 0 spiro atoms. The minimum absolute atomic E-state index is 0.0596. The van der Waals surface area contributed by atoms with E-state index >= 15 is 0 Å². The quantitative estimate of drug-likeness (QED) is 0.294. The van der Waals surface area contributed by atoms with Crippen molar-refractivity contribution >= 4 is 57.6 Å². The van der Waals surface area contributed by atoms with Crippen LogP contribution in [0.15, 0.2) is 35.4 Å². The van der Waals surface area contributed by atoms with Crippen molar-refractivity contribution in [3.63, 3.8) is 0 Å². The molecule has 0 bridgehead atoms. The number of carbonyl (C=O) groups is 2. The van der Waals surface area contributed by atoms with E-state index in [4.69, 9.17) is 32.7 Å². The van der Waals surface area contributed by atoms with E-state index in [1.54, 1.807) is 38.3 Å². The number of halogens is 2. The minimum Gasteiger partial charge on any atom is -0.468 e. The van der Waals surface area contributed by atoms with Gasteiger partial charge < -0.3 is 14.2 Å². The second-order valence-corrected chi connectivity index (χ2v) is 9.30. The highest BCUT2D eigenvalue weighted by Crippen LogP contribution is 2.40. The Morgan fingerprint density at radius 2 is 1.86 bits per heavy atom.